The van der Waals surface area contributed by atoms with E-state index in [1.165, 1.54) is 24.8 Å². The van der Waals surface area contributed by atoms with Gasteiger partial charge in [0, 0.05) is 17.5 Å². The van der Waals surface area contributed by atoms with Gasteiger partial charge >= 0.3 is 0 Å². The number of hydrogen-bond acceptors (Lipinski definition) is 3. The van der Waals surface area contributed by atoms with Crippen molar-refractivity contribution in [3.8, 4) is 5.75 Å². The predicted octanol–water partition coefficient (Wildman–Crippen LogP) is 6.05. The minimum atomic E-state index is -0.0643. The maximum absolute atomic E-state index is 13.4. The van der Waals surface area contributed by atoms with Crippen LogP contribution in [0, 0.1) is 5.92 Å². The Morgan fingerprint density at radius 3 is 2.81 bits per heavy atom. The highest BCUT2D eigenvalue weighted by atomic mass is 16.5. The van der Waals surface area contributed by atoms with Gasteiger partial charge in [-0.2, -0.15) is 0 Å². The summed E-state index contributed by atoms with van der Waals surface area (Å²) in [6.45, 7) is 9.15. The van der Waals surface area contributed by atoms with Crippen LogP contribution in [0.25, 0.3) is 0 Å². The molecular formula is C28H37NO2. The predicted molar refractivity (Wildman–Crippen MR) is 127 cm³/mol. The third-order valence-corrected chi connectivity index (χ3v) is 7.73. The second-order valence-corrected chi connectivity index (χ2v) is 9.42. The summed E-state index contributed by atoms with van der Waals surface area (Å²) in [5.74, 6) is 1.89. The Kier molecular flexibility index (Phi) is 6.81. The lowest BCUT2D eigenvalue weighted by Crippen LogP contribution is -2.52. The largest absolute Gasteiger partial charge is 0.494 e. The first-order valence-corrected chi connectivity index (χ1v) is 12.2. The van der Waals surface area contributed by atoms with Crippen LogP contribution in [0.5, 0.6) is 5.75 Å². The monoisotopic (exact) mass is 419 g/mol. The molecule has 2 fully saturated rings. The molecule has 4 rings (SSSR count). The van der Waals surface area contributed by atoms with E-state index in [1.54, 1.807) is 0 Å². The van der Waals surface area contributed by atoms with E-state index in [0.29, 0.717) is 5.92 Å². The molecule has 2 aromatic rings. The van der Waals surface area contributed by atoms with Gasteiger partial charge in [0.25, 0.3) is 0 Å². The second-order valence-electron chi connectivity index (χ2n) is 9.42. The lowest BCUT2D eigenvalue weighted by molar-refractivity contribution is 0.0611. The number of carbonyl (C=O) groups is 1. The first-order valence-electron chi connectivity index (χ1n) is 12.2. The Hall–Kier alpha value is -2.13. The Morgan fingerprint density at radius 1 is 1.16 bits per heavy atom. The normalized spacial score (nSPS) is 24.5. The van der Waals surface area contributed by atoms with E-state index >= 15 is 0 Å². The van der Waals surface area contributed by atoms with Gasteiger partial charge in [0.1, 0.15) is 5.75 Å². The van der Waals surface area contributed by atoms with Crippen LogP contribution in [-0.4, -0.2) is 36.4 Å². The van der Waals surface area contributed by atoms with E-state index in [-0.39, 0.29) is 17.2 Å². The van der Waals surface area contributed by atoms with Gasteiger partial charge in [-0.15, -0.1) is 0 Å². The van der Waals surface area contributed by atoms with Crippen molar-refractivity contribution in [2.45, 2.75) is 70.8 Å². The van der Waals surface area contributed by atoms with Crippen molar-refractivity contribution in [1.82, 2.24) is 4.90 Å². The van der Waals surface area contributed by atoms with Crippen molar-refractivity contribution in [2.75, 3.05) is 19.7 Å². The average Bonchev–Trinajstić information content (AvgIpc) is 3.26. The Balaban J connectivity index is 1.52. The summed E-state index contributed by atoms with van der Waals surface area (Å²) < 4.78 is 5.94. The van der Waals surface area contributed by atoms with E-state index in [0.717, 1.165) is 55.8 Å². The van der Waals surface area contributed by atoms with Gasteiger partial charge in [0.2, 0.25) is 0 Å². The maximum Gasteiger partial charge on any atom is 0.179 e. The molecule has 0 N–H and O–H groups in total. The molecular weight excluding hydrogens is 382 g/mol. The van der Waals surface area contributed by atoms with Crippen molar-refractivity contribution in [3.05, 3.63) is 65.2 Å². The third kappa shape index (κ3) is 4.30. The summed E-state index contributed by atoms with van der Waals surface area (Å²) in [6.07, 6.45) is 6.84. The molecule has 0 spiro atoms. The van der Waals surface area contributed by atoms with Crippen molar-refractivity contribution in [1.29, 1.82) is 0 Å². The van der Waals surface area contributed by atoms with Crippen LogP contribution in [0.2, 0.25) is 0 Å². The van der Waals surface area contributed by atoms with Crippen LogP contribution in [-0.2, 0) is 11.8 Å². The molecule has 0 bridgehead atoms. The second kappa shape index (κ2) is 9.56. The van der Waals surface area contributed by atoms with Crippen molar-refractivity contribution in [3.63, 3.8) is 0 Å². The van der Waals surface area contributed by atoms with E-state index in [9.17, 15) is 4.79 Å². The molecule has 1 saturated carbocycles. The van der Waals surface area contributed by atoms with Crippen LogP contribution in [0.15, 0.2) is 48.5 Å². The fourth-order valence-electron chi connectivity index (χ4n) is 5.91. The number of benzene rings is 2. The SMILES string of the molecule is CCCOc1cccc(C23CCCC2CN(C(C)C(=O)c2ccccc2CC)CC3)c1. The lowest BCUT2D eigenvalue weighted by Gasteiger charge is -2.46. The standard InChI is InChI=1S/C28H37NO2/c1-4-18-31-25-13-8-11-23(19-25)28-15-9-12-24(28)20-29(17-16-28)21(3)27(30)26-14-7-6-10-22(26)5-2/h6-8,10-11,13-14,19,21,24H,4-5,9,12,15-18,20H2,1-3H3. The topological polar surface area (TPSA) is 29.5 Å². The summed E-state index contributed by atoms with van der Waals surface area (Å²) >= 11 is 0. The zero-order chi connectivity index (χ0) is 21.8. The number of nitrogens with zero attached hydrogens (tertiary/aromatic N) is 1. The van der Waals surface area contributed by atoms with Gasteiger partial charge < -0.3 is 4.74 Å². The smallest absolute Gasteiger partial charge is 0.179 e. The molecule has 3 nitrogen and oxygen atoms in total. The van der Waals surface area contributed by atoms with E-state index < -0.39 is 0 Å². The molecule has 2 aromatic carbocycles. The first kappa shape index (κ1) is 22.1. The number of fused-ring (bicyclic) bond motifs is 1. The van der Waals surface area contributed by atoms with Crippen molar-refractivity contribution >= 4 is 5.78 Å². The molecule has 3 unspecified atom stereocenters. The van der Waals surface area contributed by atoms with Crippen LogP contribution in [0.4, 0.5) is 0 Å². The molecule has 3 atom stereocenters. The van der Waals surface area contributed by atoms with Gasteiger partial charge in [0.15, 0.2) is 5.78 Å². The first-order chi connectivity index (χ1) is 15.1. The zero-order valence-corrected chi connectivity index (χ0v) is 19.4. The number of ketones is 1. The fourth-order valence-corrected chi connectivity index (χ4v) is 5.91. The van der Waals surface area contributed by atoms with Crippen molar-refractivity contribution < 1.29 is 9.53 Å². The highest BCUT2D eigenvalue weighted by Crippen LogP contribution is 2.51. The molecule has 2 aliphatic rings. The Bertz CT molecular complexity index is 907. The van der Waals surface area contributed by atoms with Crippen LogP contribution in [0.3, 0.4) is 0 Å². The van der Waals surface area contributed by atoms with Gasteiger partial charge in [-0.25, -0.2) is 0 Å². The van der Waals surface area contributed by atoms with Gasteiger partial charge in [-0.1, -0.05) is 56.7 Å². The molecule has 1 aliphatic heterocycles. The summed E-state index contributed by atoms with van der Waals surface area (Å²) in [6, 6.07) is 16.9. The van der Waals surface area contributed by atoms with Gasteiger partial charge in [0.05, 0.1) is 12.6 Å². The molecule has 1 aliphatic carbocycles. The van der Waals surface area contributed by atoms with Gasteiger partial charge in [-0.05, 0) is 74.8 Å². The number of rotatable bonds is 8. The molecule has 31 heavy (non-hydrogen) atoms. The fraction of sp³-hybridized carbons (Fsp3) is 0.536. The number of Topliss-reactive ketones (excluding diaryl/α,β-unsaturated/α-hetero) is 1. The molecule has 0 aromatic heterocycles. The number of hydrogen-bond donors (Lipinski definition) is 0. The van der Waals surface area contributed by atoms with Crippen molar-refractivity contribution in [2.24, 2.45) is 5.92 Å². The lowest BCUT2D eigenvalue weighted by atomic mass is 9.67. The molecule has 1 saturated heterocycles. The summed E-state index contributed by atoms with van der Waals surface area (Å²) in [5.41, 5.74) is 3.75. The molecule has 1 heterocycles. The number of piperidine rings is 1. The van der Waals surface area contributed by atoms with Gasteiger partial charge in [-0.3, -0.25) is 9.69 Å². The minimum Gasteiger partial charge on any atom is -0.494 e. The summed E-state index contributed by atoms with van der Waals surface area (Å²) in [5, 5.41) is 0. The molecule has 166 valence electrons. The van der Waals surface area contributed by atoms with Crippen LogP contribution < -0.4 is 4.74 Å². The third-order valence-electron chi connectivity index (χ3n) is 7.73. The number of ether oxygens (including phenoxy) is 1. The highest BCUT2D eigenvalue weighted by molar-refractivity contribution is 6.01. The quantitative estimate of drug-likeness (QED) is 0.488. The summed E-state index contributed by atoms with van der Waals surface area (Å²) in [4.78, 5) is 15.8. The number of carbonyl (C=O) groups excluding carboxylic acids is 1. The Morgan fingerprint density at radius 2 is 2.00 bits per heavy atom. The van der Waals surface area contributed by atoms with Crippen LogP contribution in [0.1, 0.15) is 74.4 Å². The molecule has 3 heteroatoms. The van der Waals surface area contributed by atoms with E-state index in [2.05, 4.69) is 56.0 Å². The average molecular weight is 420 g/mol. The Labute approximate surface area is 187 Å². The maximum atomic E-state index is 13.4. The zero-order valence-electron chi connectivity index (χ0n) is 19.4. The van der Waals surface area contributed by atoms with E-state index in [4.69, 9.17) is 4.74 Å². The minimum absolute atomic E-state index is 0.0643. The summed E-state index contributed by atoms with van der Waals surface area (Å²) in [7, 11) is 0. The van der Waals surface area contributed by atoms with E-state index in [1.807, 2.05) is 18.2 Å². The van der Waals surface area contributed by atoms with Crippen LogP contribution >= 0.6 is 0 Å². The molecule has 0 amide bonds. The molecule has 0 radical (unpaired) electrons. The highest BCUT2D eigenvalue weighted by Gasteiger charge is 2.48. The number of likely N-dealkylation sites (tertiary alicyclic amines) is 1. The number of aryl methyl sites for hydroxylation is 1.